The number of piperidine rings is 1. The van der Waals surface area contributed by atoms with Gasteiger partial charge in [0.1, 0.15) is 0 Å². The van der Waals surface area contributed by atoms with Crippen molar-refractivity contribution in [3.63, 3.8) is 0 Å². The fraction of sp³-hybridized carbons (Fsp3) is 0.458. The van der Waals surface area contributed by atoms with E-state index in [1.807, 2.05) is 6.20 Å². The molecule has 2 bridgehead atoms. The quantitative estimate of drug-likeness (QED) is 0.658. The molecule has 2 aliphatic heterocycles. The zero-order valence-electron chi connectivity index (χ0n) is 16.7. The normalized spacial score (nSPS) is 22.2. The lowest BCUT2D eigenvalue weighted by Crippen LogP contribution is -2.44. The molecule has 0 saturated carbocycles. The van der Waals surface area contributed by atoms with Crippen molar-refractivity contribution < 1.29 is 0 Å². The van der Waals surface area contributed by atoms with Gasteiger partial charge in [-0.1, -0.05) is 17.7 Å². The molecule has 4 heterocycles. The molecule has 1 aromatic carbocycles. The Morgan fingerprint density at radius 2 is 2.00 bits per heavy atom. The van der Waals surface area contributed by atoms with Crippen LogP contribution in [-0.4, -0.2) is 27.5 Å². The van der Waals surface area contributed by atoms with Crippen LogP contribution in [0.2, 0.25) is 0 Å². The van der Waals surface area contributed by atoms with E-state index in [2.05, 4.69) is 65.7 Å². The number of hydrogen-bond acceptors (Lipinski definition) is 2. The highest BCUT2D eigenvalue weighted by molar-refractivity contribution is 5.87. The summed E-state index contributed by atoms with van der Waals surface area (Å²) in [6.07, 6.45) is 8.29. The summed E-state index contributed by atoms with van der Waals surface area (Å²) in [6, 6.07) is 12.7. The van der Waals surface area contributed by atoms with Gasteiger partial charge in [0.15, 0.2) is 0 Å². The van der Waals surface area contributed by atoms with Gasteiger partial charge in [-0.25, -0.2) is 0 Å². The Kier molecular flexibility index (Phi) is 4.08. The van der Waals surface area contributed by atoms with Crippen LogP contribution >= 0.6 is 0 Å². The number of hydrogen-bond donors (Lipinski definition) is 0. The van der Waals surface area contributed by atoms with E-state index in [4.69, 9.17) is 0 Å². The third-order valence-corrected chi connectivity index (χ3v) is 6.80. The van der Waals surface area contributed by atoms with Gasteiger partial charge in [-0.15, -0.1) is 0 Å². The first-order chi connectivity index (χ1) is 13.1. The molecule has 2 aliphatic rings. The van der Waals surface area contributed by atoms with E-state index < -0.39 is 0 Å². The maximum Gasteiger partial charge on any atom is 0.0503 e. The fourth-order valence-corrected chi connectivity index (χ4v) is 5.30. The summed E-state index contributed by atoms with van der Waals surface area (Å²) in [4.78, 5) is 7.14. The Bertz CT molecular complexity index is 983. The lowest BCUT2D eigenvalue weighted by atomic mass is 9.83. The van der Waals surface area contributed by atoms with Crippen LogP contribution in [0.4, 0.5) is 0 Å². The molecule has 3 heteroatoms. The summed E-state index contributed by atoms with van der Waals surface area (Å²) in [5.74, 6) is 0. The minimum absolute atomic E-state index is 0.580. The topological polar surface area (TPSA) is 21.1 Å². The van der Waals surface area contributed by atoms with Gasteiger partial charge in [0.2, 0.25) is 0 Å². The molecule has 1 saturated heterocycles. The highest BCUT2D eigenvalue weighted by atomic mass is 15.2. The van der Waals surface area contributed by atoms with Crippen molar-refractivity contribution in [1.29, 1.82) is 0 Å². The van der Waals surface area contributed by atoms with Gasteiger partial charge >= 0.3 is 0 Å². The number of nitrogens with zero attached hydrogens (tertiary/aromatic N) is 3. The third kappa shape index (κ3) is 2.80. The maximum absolute atomic E-state index is 4.49. The van der Waals surface area contributed by atoms with Crippen LogP contribution in [0, 0.1) is 13.8 Å². The van der Waals surface area contributed by atoms with Crippen LogP contribution in [-0.2, 0) is 19.4 Å². The van der Waals surface area contributed by atoms with Crippen LogP contribution in [0.1, 0.15) is 53.4 Å². The average molecular weight is 360 g/mol. The molecule has 1 fully saturated rings. The van der Waals surface area contributed by atoms with Crippen molar-refractivity contribution in [2.75, 3.05) is 7.05 Å². The van der Waals surface area contributed by atoms with Gasteiger partial charge in [0.25, 0.3) is 0 Å². The molecule has 3 aromatic rings. The maximum atomic E-state index is 4.49. The highest BCUT2D eigenvalue weighted by Crippen LogP contribution is 2.44. The standard InChI is InChI=1S/C24H29N3/c1-16-7-10-22-20(13-16)21-14-19-5-4-6-23(26(19)3)24(21)27(22)12-11-18-9-8-17(2)25-15-18/h7-10,13,15,19,23H,4-6,11-12,14H2,1-3H3. The van der Waals surface area contributed by atoms with E-state index >= 15 is 0 Å². The summed E-state index contributed by atoms with van der Waals surface area (Å²) in [5, 5.41) is 1.50. The van der Waals surface area contributed by atoms with Crippen molar-refractivity contribution in [3.8, 4) is 0 Å². The zero-order chi connectivity index (χ0) is 18.5. The summed E-state index contributed by atoms with van der Waals surface area (Å²) in [6.45, 7) is 5.31. The number of fused-ring (bicyclic) bond motifs is 6. The molecule has 0 aliphatic carbocycles. The van der Waals surface area contributed by atoms with Crippen molar-refractivity contribution in [2.24, 2.45) is 0 Å². The molecule has 0 N–H and O–H groups in total. The second-order valence-corrected chi connectivity index (χ2v) is 8.56. The minimum atomic E-state index is 0.580. The number of aryl methyl sites for hydroxylation is 4. The van der Waals surface area contributed by atoms with E-state index in [0.717, 1.165) is 24.7 Å². The molecule has 0 radical (unpaired) electrons. The Morgan fingerprint density at radius 3 is 2.81 bits per heavy atom. The fourth-order valence-electron chi connectivity index (χ4n) is 5.30. The predicted molar refractivity (Wildman–Crippen MR) is 111 cm³/mol. The molecule has 0 spiro atoms. The number of benzene rings is 1. The van der Waals surface area contributed by atoms with E-state index in [1.54, 1.807) is 11.3 Å². The lowest BCUT2D eigenvalue weighted by Gasteiger charge is -2.44. The SMILES string of the molecule is Cc1ccc2c(c1)c1c(n2CCc2ccc(C)nc2)C2CCCC(C1)N2C. The molecule has 2 atom stereocenters. The molecule has 140 valence electrons. The Labute approximate surface area is 162 Å². The van der Waals surface area contributed by atoms with E-state index in [1.165, 1.54) is 47.7 Å². The van der Waals surface area contributed by atoms with Crippen LogP contribution in [0.3, 0.4) is 0 Å². The second kappa shape index (κ2) is 6.49. The molecule has 27 heavy (non-hydrogen) atoms. The molecule has 2 unspecified atom stereocenters. The van der Waals surface area contributed by atoms with Crippen LogP contribution in [0.25, 0.3) is 10.9 Å². The van der Waals surface area contributed by atoms with Gasteiger partial charge in [-0.05, 0) is 82.3 Å². The summed E-state index contributed by atoms with van der Waals surface area (Å²) < 4.78 is 2.63. The average Bonchev–Trinajstić information content (AvgIpc) is 2.94. The Morgan fingerprint density at radius 1 is 1.11 bits per heavy atom. The first-order valence-corrected chi connectivity index (χ1v) is 10.4. The van der Waals surface area contributed by atoms with Crippen molar-refractivity contribution in [1.82, 2.24) is 14.5 Å². The van der Waals surface area contributed by atoms with E-state index in [-0.39, 0.29) is 0 Å². The zero-order valence-corrected chi connectivity index (χ0v) is 16.7. The van der Waals surface area contributed by atoms with Gasteiger partial charge in [-0.2, -0.15) is 0 Å². The molecule has 0 amide bonds. The minimum Gasteiger partial charge on any atom is -0.342 e. The number of likely N-dealkylation sites (N-methyl/N-ethyl adjacent to an activating group) is 1. The second-order valence-electron chi connectivity index (χ2n) is 8.56. The van der Waals surface area contributed by atoms with Crippen LogP contribution < -0.4 is 0 Å². The Balaban J connectivity index is 1.60. The van der Waals surface area contributed by atoms with Crippen molar-refractivity contribution >= 4 is 10.9 Å². The lowest BCUT2D eigenvalue weighted by molar-refractivity contribution is 0.0948. The van der Waals surface area contributed by atoms with E-state index in [9.17, 15) is 0 Å². The molecule has 3 nitrogen and oxygen atoms in total. The van der Waals surface area contributed by atoms with Gasteiger partial charge in [0.05, 0.1) is 6.04 Å². The van der Waals surface area contributed by atoms with Crippen molar-refractivity contribution in [3.05, 3.63) is 64.6 Å². The number of pyridine rings is 1. The van der Waals surface area contributed by atoms with Gasteiger partial charge in [0, 0.05) is 41.1 Å². The van der Waals surface area contributed by atoms with E-state index in [0.29, 0.717) is 6.04 Å². The summed E-state index contributed by atoms with van der Waals surface area (Å²) in [5.41, 5.74) is 8.43. The van der Waals surface area contributed by atoms with Crippen LogP contribution in [0.15, 0.2) is 36.5 Å². The Hall–Kier alpha value is -2.13. The molecule has 2 aromatic heterocycles. The smallest absolute Gasteiger partial charge is 0.0503 e. The van der Waals surface area contributed by atoms with Crippen molar-refractivity contribution in [2.45, 2.75) is 64.6 Å². The molecule has 5 rings (SSSR count). The number of rotatable bonds is 3. The monoisotopic (exact) mass is 359 g/mol. The first kappa shape index (κ1) is 17.0. The molecular weight excluding hydrogens is 330 g/mol. The number of aromatic nitrogens is 2. The summed E-state index contributed by atoms with van der Waals surface area (Å²) >= 11 is 0. The largest absolute Gasteiger partial charge is 0.342 e. The summed E-state index contributed by atoms with van der Waals surface area (Å²) in [7, 11) is 2.34. The highest BCUT2D eigenvalue weighted by Gasteiger charge is 2.38. The third-order valence-electron chi connectivity index (χ3n) is 6.80. The van der Waals surface area contributed by atoms with Gasteiger partial charge in [-0.3, -0.25) is 9.88 Å². The van der Waals surface area contributed by atoms with Gasteiger partial charge < -0.3 is 4.57 Å². The first-order valence-electron chi connectivity index (χ1n) is 10.4. The molecular formula is C24H29N3. The van der Waals surface area contributed by atoms with Crippen LogP contribution in [0.5, 0.6) is 0 Å². The predicted octanol–water partition coefficient (Wildman–Crippen LogP) is 4.98.